The zero-order valence-corrected chi connectivity index (χ0v) is 12.4. The lowest BCUT2D eigenvalue weighted by atomic mass is 10.0. The lowest BCUT2D eigenvalue weighted by molar-refractivity contribution is -0.122. The van der Waals surface area contributed by atoms with Gasteiger partial charge in [-0.15, -0.1) is 11.6 Å². The molecule has 2 amide bonds. The van der Waals surface area contributed by atoms with Gasteiger partial charge in [-0.1, -0.05) is 19.1 Å². The number of carbonyl (C=O) groups excluding carboxylic acids is 2. The smallest absolute Gasteiger partial charge is 0.243 e. The van der Waals surface area contributed by atoms with Crippen LogP contribution >= 0.6 is 11.6 Å². The fourth-order valence-electron chi connectivity index (χ4n) is 2.48. The van der Waals surface area contributed by atoms with Crippen LogP contribution in [-0.4, -0.2) is 22.9 Å². The van der Waals surface area contributed by atoms with E-state index in [1.807, 2.05) is 31.2 Å². The molecule has 2 N–H and O–H groups in total. The first-order chi connectivity index (χ1) is 10.1. The number of hydrazone groups is 1. The highest BCUT2D eigenvalue weighted by molar-refractivity contribution is 6.32. The lowest BCUT2D eigenvalue weighted by Gasteiger charge is -2.13. The molecule has 2 aliphatic rings. The molecule has 1 aliphatic carbocycles. The van der Waals surface area contributed by atoms with Crippen LogP contribution in [0.3, 0.4) is 0 Å². The molecule has 1 heterocycles. The number of nitrogens with zero attached hydrogens (tertiary/aromatic N) is 1. The Bertz CT molecular complexity index is 612. The largest absolute Gasteiger partial charge is 0.325 e. The molecule has 3 rings (SSSR count). The Morgan fingerprint density at radius 2 is 2.14 bits per heavy atom. The van der Waals surface area contributed by atoms with Crippen LogP contribution in [0, 0.1) is 11.8 Å². The number of carbonyl (C=O) groups is 2. The van der Waals surface area contributed by atoms with Gasteiger partial charge in [0, 0.05) is 17.5 Å². The second-order valence-electron chi connectivity index (χ2n) is 5.36. The van der Waals surface area contributed by atoms with E-state index in [9.17, 15) is 9.59 Å². The van der Waals surface area contributed by atoms with E-state index in [4.69, 9.17) is 11.6 Å². The highest BCUT2D eigenvalue weighted by atomic mass is 35.5. The topological polar surface area (TPSA) is 70.6 Å². The summed E-state index contributed by atoms with van der Waals surface area (Å²) in [5.74, 6) is 0.141. The average molecular weight is 306 g/mol. The average Bonchev–Trinajstić information content (AvgIpc) is 3.29. The van der Waals surface area contributed by atoms with Crippen molar-refractivity contribution in [1.82, 2.24) is 5.43 Å². The first-order valence-corrected chi connectivity index (χ1v) is 7.46. The number of hydrogen-bond acceptors (Lipinski definition) is 3. The van der Waals surface area contributed by atoms with Gasteiger partial charge in [-0.25, -0.2) is 5.43 Å². The molecule has 3 unspecified atom stereocenters. The molecular formula is C15H16ClN3O2. The molecule has 0 bridgehead atoms. The number of amides is 2. The molecule has 0 spiro atoms. The Labute approximate surface area is 127 Å². The van der Waals surface area contributed by atoms with E-state index >= 15 is 0 Å². The zero-order chi connectivity index (χ0) is 15.0. The minimum atomic E-state index is -0.519. The van der Waals surface area contributed by atoms with E-state index in [2.05, 4.69) is 15.8 Å². The molecule has 0 aromatic heterocycles. The Hall–Kier alpha value is -1.88. The van der Waals surface area contributed by atoms with Crippen LogP contribution in [0.5, 0.6) is 0 Å². The van der Waals surface area contributed by atoms with E-state index in [0.29, 0.717) is 12.1 Å². The molecule has 21 heavy (non-hydrogen) atoms. The third kappa shape index (κ3) is 2.78. The number of nitrogens with one attached hydrogen (secondary N) is 2. The molecule has 1 saturated carbocycles. The molecule has 1 fully saturated rings. The Morgan fingerprint density at radius 3 is 2.81 bits per heavy atom. The fraction of sp³-hybridized carbons (Fsp3) is 0.400. The maximum absolute atomic E-state index is 11.7. The summed E-state index contributed by atoms with van der Waals surface area (Å²) in [6.45, 7) is 1.86. The van der Waals surface area contributed by atoms with Gasteiger partial charge >= 0.3 is 0 Å². The number of fused-ring (bicyclic) bond motifs is 1. The summed E-state index contributed by atoms with van der Waals surface area (Å²) >= 11 is 5.89. The summed E-state index contributed by atoms with van der Waals surface area (Å²) in [7, 11) is 0. The lowest BCUT2D eigenvalue weighted by Crippen LogP contribution is -2.28. The molecule has 110 valence electrons. The Balaban J connectivity index is 1.70. The summed E-state index contributed by atoms with van der Waals surface area (Å²) in [4.78, 5) is 23.1. The molecular weight excluding hydrogens is 290 g/mol. The number of anilines is 1. The standard InChI is InChI=1S/C15H16ClN3O2/c1-2-12(16)15(21)17-9-5-3-8(4-6-9)13-10-7-11(10)14(20)19-18-13/h3-6,10-12H,2,7H2,1H3,(H,17,21)(H,19,20). The summed E-state index contributed by atoms with van der Waals surface area (Å²) in [5, 5.41) is 6.40. The van der Waals surface area contributed by atoms with E-state index in [1.54, 1.807) is 0 Å². The van der Waals surface area contributed by atoms with Crippen LogP contribution in [0.2, 0.25) is 0 Å². The number of halogens is 1. The first kappa shape index (κ1) is 14.1. The molecule has 0 radical (unpaired) electrons. The molecule has 6 heteroatoms. The SMILES string of the molecule is CCC(Cl)C(=O)Nc1ccc(C2=NNC(=O)C3CC23)cc1. The van der Waals surface area contributed by atoms with Gasteiger partial charge in [0.1, 0.15) is 5.38 Å². The van der Waals surface area contributed by atoms with Crippen molar-refractivity contribution in [2.75, 3.05) is 5.32 Å². The predicted octanol–water partition coefficient (Wildman–Crippen LogP) is 2.11. The van der Waals surface area contributed by atoms with Gasteiger partial charge in [0.15, 0.2) is 0 Å². The van der Waals surface area contributed by atoms with E-state index in [1.165, 1.54) is 0 Å². The van der Waals surface area contributed by atoms with Gasteiger partial charge in [-0.2, -0.15) is 5.10 Å². The van der Waals surface area contributed by atoms with Crippen molar-refractivity contribution in [2.24, 2.45) is 16.9 Å². The highest BCUT2D eigenvalue weighted by Gasteiger charge is 2.49. The highest BCUT2D eigenvalue weighted by Crippen LogP contribution is 2.43. The molecule has 1 aliphatic heterocycles. The third-order valence-electron chi connectivity index (χ3n) is 3.86. The second kappa shape index (κ2) is 5.48. The quantitative estimate of drug-likeness (QED) is 0.836. The summed E-state index contributed by atoms with van der Waals surface area (Å²) in [5.41, 5.74) is 5.15. The Kier molecular flexibility index (Phi) is 3.68. The first-order valence-electron chi connectivity index (χ1n) is 7.03. The van der Waals surface area contributed by atoms with Gasteiger partial charge in [-0.3, -0.25) is 9.59 Å². The third-order valence-corrected chi connectivity index (χ3v) is 4.36. The Morgan fingerprint density at radius 1 is 1.43 bits per heavy atom. The van der Waals surface area contributed by atoms with Crippen LogP contribution < -0.4 is 10.7 Å². The molecule has 3 atom stereocenters. The van der Waals surface area contributed by atoms with Crippen molar-refractivity contribution in [1.29, 1.82) is 0 Å². The van der Waals surface area contributed by atoms with E-state index in [0.717, 1.165) is 17.7 Å². The van der Waals surface area contributed by atoms with Crippen molar-refractivity contribution in [2.45, 2.75) is 25.1 Å². The minimum Gasteiger partial charge on any atom is -0.325 e. The number of alkyl halides is 1. The number of benzene rings is 1. The summed E-state index contributed by atoms with van der Waals surface area (Å²) < 4.78 is 0. The van der Waals surface area contributed by atoms with Crippen molar-refractivity contribution in [3.63, 3.8) is 0 Å². The minimum absolute atomic E-state index is 0.0142. The maximum atomic E-state index is 11.7. The van der Waals surface area contributed by atoms with Crippen LogP contribution in [-0.2, 0) is 9.59 Å². The summed E-state index contributed by atoms with van der Waals surface area (Å²) in [6.07, 6.45) is 1.46. The van der Waals surface area contributed by atoms with Gasteiger partial charge in [-0.05, 0) is 30.5 Å². The second-order valence-corrected chi connectivity index (χ2v) is 5.89. The van der Waals surface area contributed by atoms with Crippen molar-refractivity contribution in [3.8, 4) is 0 Å². The van der Waals surface area contributed by atoms with Gasteiger partial charge < -0.3 is 5.32 Å². The number of hydrogen-bond donors (Lipinski definition) is 2. The molecule has 5 nitrogen and oxygen atoms in total. The molecule has 1 aromatic rings. The monoisotopic (exact) mass is 305 g/mol. The number of rotatable bonds is 4. The van der Waals surface area contributed by atoms with Crippen molar-refractivity contribution < 1.29 is 9.59 Å². The molecule has 1 aromatic carbocycles. The summed E-state index contributed by atoms with van der Waals surface area (Å²) in [6, 6.07) is 7.44. The van der Waals surface area contributed by atoms with E-state index < -0.39 is 5.38 Å². The molecule has 0 saturated heterocycles. The van der Waals surface area contributed by atoms with Gasteiger partial charge in [0.2, 0.25) is 11.8 Å². The predicted molar refractivity (Wildman–Crippen MR) is 81.3 cm³/mol. The normalized spacial score (nSPS) is 24.5. The van der Waals surface area contributed by atoms with Crippen molar-refractivity contribution >= 4 is 34.8 Å². The maximum Gasteiger partial charge on any atom is 0.243 e. The van der Waals surface area contributed by atoms with Crippen LogP contribution in [0.15, 0.2) is 29.4 Å². The van der Waals surface area contributed by atoms with Gasteiger partial charge in [0.25, 0.3) is 0 Å². The van der Waals surface area contributed by atoms with E-state index in [-0.39, 0.29) is 23.7 Å². The zero-order valence-electron chi connectivity index (χ0n) is 11.6. The fourth-order valence-corrected chi connectivity index (χ4v) is 2.53. The van der Waals surface area contributed by atoms with Crippen molar-refractivity contribution in [3.05, 3.63) is 29.8 Å². The van der Waals surface area contributed by atoms with Crippen LogP contribution in [0.1, 0.15) is 25.3 Å². The van der Waals surface area contributed by atoms with Gasteiger partial charge in [0.05, 0.1) is 5.71 Å². The van der Waals surface area contributed by atoms with Crippen LogP contribution in [0.4, 0.5) is 5.69 Å². The van der Waals surface area contributed by atoms with Crippen LogP contribution in [0.25, 0.3) is 0 Å².